The molecular weight excluding hydrogens is 414 g/mol. The minimum Gasteiger partial charge on any atom is -0.379 e. The zero-order chi connectivity index (χ0) is 22.4. The van der Waals surface area contributed by atoms with Crippen LogP contribution < -0.4 is 9.62 Å². The van der Waals surface area contributed by atoms with Gasteiger partial charge < -0.3 is 10.1 Å². The van der Waals surface area contributed by atoms with Gasteiger partial charge >= 0.3 is 0 Å². The van der Waals surface area contributed by atoms with Crippen LogP contribution in [0.1, 0.15) is 27.0 Å². The Labute approximate surface area is 185 Å². The van der Waals surface area contributed by atoms with Crippen LogP contribution in [0.2, 0.25) is 0 Å². The molecular formula is C23H31N3O4S. The predicted molar refractivity (Wildman–Crippen MR) is 123 cm³/mol. The molecule has 0 spiro atoms. The van der Waals surface area contributed by atoms with Crippen molar-refractivity contribution < 1.29 is 17.9 Å². The van der Waals surface area contributed by atoms with E-state index in [9.17, 15) is 13.2 Å². The molecule has 0 aromatic heterocycles. The number of carbonyl (C=O) groups is 1. The zero-order valence-corrected chi connectivity index (χ0v) is 19.2. The fraction of sp³-hybridized carbons (Fsp3) is 0.435. The Kier molecular flexibility index (Phi) is 7.69. The van der Waals surface area contributed by atoms with E-state index in [0.29, 0.717) is 17.8 Å². The maximum absolute atomic E-state index is 12.4. The second kappa shape index (κ2) is 10.3. The van der Waals surface area contributed by atoms with Crippen LogP contribution in [-0.2, 0) is 21.3 Å². The molecule has 1 aliphatic heterocycles. The second-order valence-electron chi connectivity index (χ2n) is 7.95. The third-order valence-electron chi connectivity index (χ3n) is 5.54. The van der Waals surface area contributed by atoms with E-state index >= 15 is 0 Å². The van der Waals surface area contributed by atoms with Crippen molar-refractivity contribution in [1.82, 2.24) is 10.2 Å². The van der Waals surface area contributed by atoms with Crippen molar-refractivity contribution in [1.29, 1.82) is 0 Å². The van der Waals surface area contributed by atoms with Gasteiger partial charge in [-0.1, -0.05) is 18.2 Å². The first-order valence-corrected chi connectivity index (χ1v) is 12.3. The number of benzene rings is 2. The van der Waals surface area contributed by atoms with Gasteiger partial charge in [-0.3, -0.25) is 14.0 Å². The van der Waals surface area contributed by atoms with Gasteiger partial charge in [-0.2, -0.15) is 0 Å². The van der Waals surface area contributed by atoms with Crippen LogP contribution in [0.5, 0.6) is 0 Å². The van der Waals surface area contributed by atoms with Crippen LogP contribution in [-0.4, -0.2) is 64.9 Å². The van der Waals surface area contributed by atoms with Crippen LogP contribution in [0.3, 0.4) is 0 Å². The Morgan fingerprint density at radius 2 is 1.74 bits per heavy atom. The Hall–Kier alpha value is -2.42. The maximum atomic E-state index is 12.4. The molecule has 0 unspecified atom stereocenters. The van der Waals surface area contributed by atoms with Crippen LogP contribution in [0.25, 0.3) is 0 Å². The van der Waals surface area contributed by atoms with Gasteiger partial charge in [0.2, 0.25) is 10.0 Å². The van der Waals surface area contributed by atoms with Crippen molar-refractivity contribution in [2.75, 3.05) is 50.0 Å². The fourth-order valence-corrected chi connectivity index (χ4v) is 4.34. The number of aryl methyl sites for hydroxylation is 2. The molecule has 31 heavy (non-hydrogen) atoms. The molecule has 1 amide bonds. The molecule has 1 aliphatic rings. The van der Waals surface area contributed by atoms with Gasteiger partial charge in [0, 0.05) is 31.7 Å². The zero-order valence-electron chi connectivity index (χ0n) is 18.4. The number of hydrogen-bond donors (Lipinski definition) is 1. The molecule has 3 rings (SSSR count). The highest BCUT2D eigenvalue weighted by Gasteiger charge is 2.19. The monoisotopic (exact) mass is 445 g/mol. The number of rotatable bonds is 8. The van der Waals surface area contributed by atoms with Gasteiger partial charge in [-0.25, -0.2) is 8.42 Å². The van der Waals surface area contributed by atoms with E-state index in [2.05, 4.69) is 10.2 Å². The predicted octanol–water partition coefficient (Wildman–Crippen LogP) is 2.33. The molecule has 1 N–H and O–H groups in total. The molecule has 0 aliphatic carbocycles. The number of carbonyl (C=O) groups excluding carboxylic acids is 1. The summed E-state index contributed by atoms with van der Waals surface area (Å²) >= 11 is 0. The third kappa shape index (κ3) is 6.53. The van der Waals surface area contributed by atoms with Gasteiger partial charge in [-0.15, -0.1) is 0 Å². The highest BCUT2D eigenvalue weighted by molar-refractivity contribution is 7.92. The molecule has 168 valence electrons. The van der Waals surface area contributed by atoms with Gasteiger partial charge in [0.25, 0.3) is 5.91 Å². The first-order valence-electron chi connectivity index (χ1n) is 10.5. The van der Waals surface area contributed by atoms with E-state index in [4.69, 9.17) is 4.74 Å². The topological polar surface area (TPSA) is 79.0 Å². The van der Waals surface area contributed by atoms with Crippen LogP contribution in [0, 0.1) is 13.8 Å². The molecule has 0 saturated carbocycles. The third-order valence-corrected chi connectivity index (χ3v) is 6.68. The Bertz CT molecular complexity index is 1000. The van der Waals surface area contributed by atoms with Gasteiger partial charge in [0.15, 0.2) is 0 Å². The van der Waals surface area contributed by atoms with Gasteiger partial charge in [0.1, 0.15) is 0 Å². The highest BCUT2D eigenvalue weighted by Crippen LogP contribution is 2.23. The Balaban J connectivity index is 1.62. The first-order chi connectivity index (χ1) is 14.7. The maximum Gasteiger partial charge on any atom is 0.251 e. The van der Waals surface area contributed by atoms with Crippen molar-refractivity contribution in [2.24, 2.45) is 0 Å². The van der Waals surface area contributed by atoms with E-state index in [1.54, 1.807) is 24.3 Å². The van der Waals surface area contributed by atoms with Gasteiger partial charge in [0.05, 0.1) is 31.7 Å². The lowest BCUT2D eigenvalue weighted by molar-refractivity contribution is 0.0383. The lowest BCUT2D eigenvalue weighted by Gasteiger charge is -2.26. The highest BCUT2D eigenvalue weighted by atomic mass is 32.2. The minimum atomic E-state index is -3.45. The van der Waals surface area contributed by atoms with Crippen molar-refractivity contribution in [2.45, 2.75) is 20.4 Å². The number of anilines is 1. The molecule has 2 aromatic rings. The smallest absolute Gasteiger partial charge is 0.251 e. The lowest BCUT2D eigenvalue weighted by atomic mass is 10.1. The van der Waals surface area contributed by atoms with E-state index in [0.717, 1.165) is 49.5 Å². The number of ether oxygens (including phenoxy) is 1. The summed E-state index contributed by atoms with van der Waals surface area (Å²) in [6.07, 6.45) is 1.21. The fourth-order valence-electron chi connectivity index (χ4n) is 3.46. The number of sulfonamides is 1. The summed E-state index contributed by atoms with van der Waals surface area (Å²) in [5.41, 5.74) is 4.16. The molecule has 7 nitrogen and oxygen atoms in total. The van der Waals surface area contributed by atoms with E-state index in [1.807, 2.05) is 32.0 Å². The molecule has 2 aromatic carbocycles. The number of hydrogen-bond acceptors (Lipinski definition) is 5. The lowest BCUT2D eigenvalue weighted by Crippen LogP contribution is -2.41. The van der Waals surface area contributed by atoms with Crippen LogP contribution >= 0.6 is 0 Å². The minimum absolute atomic E-state index is 0.131. The molecule has 1 heterocycles. The summed E-state index contributed by atoms with van der Waals surface area (Å²) in [4.78, 5) is 14.7. The van der Waals surface area contributed by atoms with E-state index in [-0.39, 0.29) is 12.5 Å². The molecule has 0 bridgehead atoms. The standard InChI is InChI=1S/C23H31N3O4S/c1-18-4-9-22(16-19(18)2)26(31(3,28)29)17-20-5-7-21(8-6-20)23(27)24-10-11-25-12-14-30-15-13-25/h4-9,16H,10-15,17H2,1-3H3,(H,24,27). The van der Waals surface area contributed by atoms with E-state index < -0.39 is 10.0 Å². The average Bonchev–Trinajstić information content (AvgIpc) is 2.74. The number of morpholine rings is 1. The number of nitrogens with one attached hydrogen (secondary N) is 1. The second-order valence-corrected chi connectivity index (χ2v) is 9.85. The SMILES string of the molecule is Cc1ccc(N(Cc2ccc(C(=O)NCCN3CCOCC3)cc2)S(C)(=O)=O)cc1C. The summed E-state index contributed by atoms with van der Waals surface area (Å²) in [6.45, 7) is 8.80. The molecule has 0 radical (unpaired) electrons. The number of amides is 1. The van der Waals surface area contributed by atoms with Crippen molar-refractivity contribution >= 4 is 21.6 Å². The molecule has 8 heteroatoms. The molecule has 1 saturated heterocycles. The van der Waals surface area contributed by atoms with Crippen LogP contribution in [0.4, 0.5) is 5.69 Å². The van der Waals surface area contributed by atoms with Crippen molar-refractivity contribution in [3.8, 4) is 0 Å². The number of nitrogens with zero attached hydrogens (tertiary/aromatic N) is 2. The summed E-state index contributed by atoms with van der Waals surface area (Å²) in [6, 6.07) is 12.7. The Morgan fingerprint density at radius 3 is 2.35 bits per heavy atom. The van der Waals surface area contributed by atoms with E-state index in [1.165, 1.54) is 10.6 Å². The average molecular weight is 446 g/mol. The first kappa shape index (κ1) is 23.2. The summed E-state index contributed by atoms with van der Waals surface area (Å²) in [5.74, 6) is -0.131. The molecule has 1 fully saturated rings. The normalized spacial score (nSPS) is 14.9. The summed E-state index contributed by atoms with van der Waals surface area (Å²) in [5, 5.41) is 2.94. The molecule has 0 atom stereocenters. The quantitative estimate of drug-likeness (QED) is 0.675. The van der Waals surface area contributed by atoms with Crippen molar-refractivity contribution in [3.05, 3.63) is 64.7 Å². The summed E-state index contributed by atoms with van der Waals surface area (Å²) < 4.78 is 31.5. The van der Waals surface area contributed by atoms with Crippen LogP contribution in [0.15, 0.2) is 42.5 Å². The van der Waals surface area contributed by atoms with Crippen molar-refractivity contribution in [3.63, 3.8) is 0 Å². The Morgan fingerprint density at radius 1 is 1.06 bits per heavy atom. The van der Waals surface area contributed by atoms with Gasteiger partial charge in [-0.05, 0) is 54.8 Å². The summed E-state index contributed by atoms with van der Waals surface area (Å²) in [7, 11) is -3.45. The largest absolute Gasteiger partial charge is 0.379 e.